The molecule has 76 valence electrons. The molecule has 13 heavy (non-hydrogen) atoms. The van der Waals surface area contributed by atoms with E-state index in [2.05, 4.69) is 4.40 Å². The van der Waals surface area contributed by atoms with Gasteiger partial charge in [-0.15, -0.1) is 0 Å². The van der Waals surface area contributed by atoms with E-state index in [0.29, 0.717) is 5.92 Å². The second-order valence-corrected chi connectivity index (χ2v) is 6.59. The molecule has 0 unspecified atom stereocenters. The second kappa shape index (κ2) is 4.36. The first-order valence-corrected chi connectivity index (χ1v) is 6.07. The van der Waals surface area contributed by atoms with E-state index in [9.17, 15) is 4.21 Å². The normalized spacial score (nSPS) is 22.7. The van der Waals surface area contributed by atoms with Crippen LogP contribution in [0, 0.1) is 5.92 Å². The molecule has 0 aromatic heterocycles. The summed E-state index contributed by atoms with van der Waals surface area (Å²) in [5, 5.41) is 0. The molecule has 3 heteroatoms. The van der Waals surface area contributed by atoms with Crippen molar-refractivity contribution in [3.8, 4) is 0 Å². The molecule has 0 aromatic carbocycles. The summed E-state index contributed by atoms with van der Waals surface area (Å²) in [5.41, 5.74) is 0. The van der Waals surface area contributed by atoms with Crippen LogP contribution in [0.5, 0.6) is 0 Å². The Morgan fingerprint density at radius 2 is 1.85 bits per heavy atom. The zero-order valence-electron chi connectivity index (χ0n) is 8.75. The van der Waals surface area contributed by atoms with Gasteiger partial charge >= 0.3 is 0 Å². The molecule has 1 fully saturated rings. The minimum absolute atomic E-state index is 0.213. The Bertz CT molecular complexity index is 211. The maximum Gasteiger partial charge on any atom is 0.144 e. The Morgan fingerprint density at radius 3 is 2.31 bits per heavy atom. The molecule has 0 N–H and O–H groups in total. The fourth-order valence-electron chi connectivity index (χ4n) is 1.41. The van der Waals surface area contributed by atoms with Gasteiger partial charge in [0.1, 0.15) is 11.0 Å². The lowest BCUT2D eigenvalue weighted by molar-refractivity contribution is 0.650. The predicted molar refractivity (Wildman–Crippen MR) is 58.3 cm³/mol. The molecular weight excluding hydrogens is 182 g/mol. The molecule has 0 bridgehead atoms. The number of nitrogens with zero attached hydrogens (tertiary/aromatic N) is 1. The van der Waals surface area contributed by atoms with Crippen LogP contribution in [0.1, 0.15) is 46.5 Å². The highest BCUT2D eigenvalue weighted by molar-refractivity contribution is 7.85. The van der Waals surface area contributed by atoms with Crippen LogP contribution in [0.3, 0.4) is 0 Å². The molecule has 1 rings (SSSR count). The Kier molecular flexibility index (Phi) is 3.65. The third-order valence-corrected chi connectivity index (χ3v) is 3.65. The van der Waals surface area contributed by atoms with Crippen LogP contribution in [0.25, 0.3) is 0 Å². The first kappa shape index (κ1) is 10.9. The average molecular weight is 201 g/mol. The molecule has 0 radical (unpaired) electrons. The molecule has 0 amide bonds. The van der Waals surface area contributed by atoms with E-state index >= 15 is 0 Å². The first-order valence-electron chi connectivity index (χ1n) is 4.96. The van der Waals surface area contributed by atoms with Crippen LogP contribution in [-0.2, 0) is 11.0 Å². The fraction of sp³-hybridized carbons (Fsp3) is 0.900. The van der Waals surface area contributed by atoms with E-state index < -0.39 is 11.0 Å². The SMILES string of the molecule is CC(C)(C)[S@@](=O)N=CC1CCCC1. The smallest absolute Gasteiger partial charge is 0.144 e. The van der Waals surface area contributed by atoms with Gasteiger partial charge < -0.3 is 0 Å². The molecular formula is C10H19NOS. The molecule has 1 aliphatic rings. The lowest BCUT2D eigenvalue weighted by atomic mass is 10.1. The molecule has 0 aromatic rings. The maximum atomic E-state index is 11.5. The Labute approximate surface area is 83.4 Å². The van der Waals surface area contributed by atoms with Gasteiger partial charge in [-0.05, 0) is 39.5 Å². The van der Waals surface area contributed by atoms with Gasteiger partial charge in [-0.3, -0.25) is 0 Å². The summed E-state index contributed by atoms with van der Waals surface area (Å²) in [6, 6.07) is 0. The lowest BCUT2D eigenvalue weighted by Crippen LogP contribution is -2.20. The quantitative estimate of drug-likeness (QED) is 0.632. The van der Waals surface area contributed by atoms with Crippen molar-refractivity contribution in [2.45, 2.75) is 51.2 Å². The van der Waals surface area contributed by atoms with E-state index in [-0.39, 0.29) is 4.75 Å². The monoisotopic (exact) mass is 201 g/mol. The van der Waals surface area contributed by atoms with E-state index in [1.165, 1.54) is 25.7 Å². The van der Waals surface area contributed by atoms with Crippen LogP contribution < -0.4 is 0 Å². The predicted octanol–water partition coefficient (Wildman–Crippen LogP) is 2.71. The summed E-state index contributed by atoms with van der Waals surface area (Å²) < 4.78 is 15.4. The first-order chi connectivity index (χ1) is 6.00. The van der Waals surface area contributed by atoms with E-state index in [4.69, 9.17) is 0 Å². The topological polar surface area (TPSA) is 29.4 Å². The van der Waals surface area contributed by atoms with Crippen molar-refractivity contribution in [1.29, 1.82) is 0 Å². The van der Waals surface area contributed by atoms with Gasteiger partial charge in [0.15, 0.2) is 0 Å². The molecule has 1 saturated carbocycles. The van der Waals surface area contributed by atoms with Crippen molar-refractivity contribution in [1.82, 2.24) is 0 Å². The number of hydrogen-bond donors (Lipinski definition) is 0. The van der Waals surface area contributed by atoms with Crippen molar-refractivity contribution in [2.24, 2.45) is 10.3 Å². The summed E-state index contributed by atoms with van der Waals surface area (Å²) in [7, 11) is -1.06. The molecule has 0 heterocycles. The van der Waals surface area contributed by atoms with Crippen molar-refractivity contribution in [2.75, 3.05) is 0 Å². The zero-order chi connectivity index (χ0) is 9.90. The molecule has 1 atom stereocenters. The van der Waals surface area contributed by atoms with E-state index in [1.54, 1.807) is 0 Å². The van der Waals surface area contributed by atoms with Gasteiger partial charge in [0.2, 0.25) is 0 Å². The van der Waals surface area contributed by atoms with Crippen LogP contribution in [-0.4, -0.2) is 15.2 Å². The highest BCUT2D eigenvalue weighted by atomic mass is 32.2. The van der Waals surface area contributed by atoms with Crippen molar-refractivity contribution in [3.63, 3.8) is 0 Å². The zero-order valence-corrected chi connectivity index (χ0v) is 9.56. The molecule has 1 aliphatic carbocycles. The maximum absolute atomic E-state index is 11.5. The Balaban J connectivity index is 2.43. The van der Waals surface area contributed by atoms with Crippen LogP contribution in [0.2, 0.25) is 0 Å². The van der Waals surface area contributed by atoms with Gasteiger partial charge in [-0.1, -0.05) is 12.8 Å². The largest absolute Gasteiger partial charge is 0.234 e. The van der Waals surface area contributed by atoms with Crippen molar-refractivity contribution < 1.29 is 4.21 Å². The van der Waals surface area contributed by atoms with E-state index in [0.717, 1.165) is 0 Å². The highest BCUT2D eigenvalue weighted by Gasteiger charge is 2.19. The van der Waals surface area contributed by atoms with Gasteiger partial charge in [0.25, 0.3) is 0 Å². The van der Waals surface area contributed by atoms with Gasteiger partial charge in [-0.25, -0.2) is 4.21 Å². The fourth-order valence-corrected chi connectivity index (χ4v) is 2.00. The third-order valence-electron chi connectivity index (χ3n) is 2.29. The summed E-state index contributed by atoms with van der Waals surface area (Å²) in [4.78, 5) is 0. The van der Waals surface area contributed by atoms with Crippen LogP contribution in [0.4, 0.5) is 0 Å². The lowest BCUT2D eigenvalue weighted by Gasteiger charge is -2.13. The van der Waals surface area contributed by atoms with Gasteiger partial charge in [-0.2, -0.15) is 4.40 Å². The van der Waals surface area contributed by atoms with Gasteiger partial charge in [0, 0.05) is 6.21 Å². The molecule has 0 aliphatic heterocycles. The van der Waals surface area contributed by atoms with Crippen LogP contribution >= 0.6 is 0 Å². The van der Waals surface area contributed by atoms with Crippen LogP contribution in [0.15, 0.2) is 4.40 Å². The molecule has 0 saturated heterocycles. The number of rotatable bonds is 2. The van der Waals surface area contributed by atoms with E-state index in [1.807, 2.05) is 27.0 Å². The second-order valence-electron chi connectivity index (χ2n) is 4.66. The molecule has 2 nitrogen and oxygen atoms in total. The molecule has 0 spiro atoms. The standard InChI is InChI=1S/C10H19NOS/c1-10(2,3)13(12)11-8-9-6-4-5-7-9/h8-9H,4-7H2,1-3H3/t13-/m1/s1. The summed E-state index contributed by atoms with van der Waals surface area (Å²) in [6.45, 7) is 5.86. The summed E-state index contributed by atoms with van der Waals surface area (Å²) >= 11 is 0. The number of hydrogen-bond acceptors (Lipinski definition) is 1. The summed E-state index contributed by atoms with van der Waals surface area (Å²) in [5.74, 6) is 0.589. The minimum Gasteiger partial charge on any atom is -0.234 e. The third kappa shape index (κ3) is 3.59. The van der Waals surface area contributed by atoms with Crippen molar-refractivity contribution in [3.05, 3.63) is 0 Å². The Hall–Kier alpha value is -0.180. The minimum atomic E-state index is -1.06. The van der Waals surface area contributed by atoms with Gasteiger partial charge in [0.05, 0.1) is 4.75 Å². The average Bonchev–Trinajstić information content (AvgIpc) is 2.50. The summed E-state index contributed by atoms with van der Waals surface area (Å²) in [6.07, 6.45) is 6.97. The highest BCUT2D eigenvalue weighted by Crippen LogP contribution is 2.23. The Morgan fingerprint density at radius 1 is 1.31 bits per heavy atom. The van der Waals surface area contributed by atoms with Crippen molar-refractivity contribution >= 4 is 17.2 Å².